The van der Waals surface area contributed by atoms with Crippen LogP contribution >= 0.6 is 0 Å². The van der Waals surface area contributed by atoms with Gasteiger partial charge in [0, 0.05) is 72.9 Å². The number of nitrogens with zero attached hydrogens (tertiary/aromatic N) is 3. The Balaban J connectivity index is 1.08. The molecule has 472 valence electrons. The van der Waals surface area contributed by atoms with Crippen molar-refractivity contribution >= 4 is 57.7 Å². The van der Waals surface area contributed by atoms with E-state index in [-0.39, 0.29) is 71.8 Å². The van der Waals surface area contributed by atoms with Gasteiger partial charge in [-0.15, -0.1) is 0 Å². The van der Waals surface area contributed by atoms with Crippen LogP contribution < -0.4 is 20.2 Å². The standard InChI is InChI=1S/C87H106BN3/c1-49-38-50(2)71-67(39-49)86(22)29-28-51-48-87(86,23)91(71)54-42-68-70-69(43-54)90(53-25-27-58-66(41-53)85(51,21)37-36-77(58,5)6)73-56-45-63-65(82(15,16)35-33-80(63,11)12)47-60(56)84(19,20)75(73)88(70)74-72(89(68)52-24-26-57-61(40-52)78(7,8)31-30-76(57,3)4)55-44-62-64(46-59(55)83(74,17)18)81(13,14)34-32-79(62,9)10/h24-27,38-47,51H,28-37,48H2,1-23H3. The van der Waals surface area contributed by atoms with E-state index in [4.69, 9.17) is 0 Å². The molecule has 0 aromatic heterocycles. The molecule has 4 heteroatoms. The van der Waals surface area contributed by atoms with E-state index in [1.165, 1.54) is 160 Å². The van der Waals surface area contributed by atoms with Crippen molar-refractivity contribution in [3.8, 4) is 0 Å². The minimum absolute atomic E-state index is 0.00431. The molecule has 0 N–H and O–H groups in total. The maximum absolute atomic E-state index is 3.02. The van der Waals surface area contributed by atoms with E-state index in [1.807, 2.05) is 0 Å². The van der Waals surface area contributed by atoms with Crippen molar-refractivity contribution in [1.29, 1.82) is 0 Å². The number of allylic oxidation sites excluding steroid dienone is 2. The molecule has 3 nitrogen and oxygen atoms in total. The summed E-state index contributed by atoms with van der Waals surface area (Å²) in [6.07, 6.45) is 13.1. The lowest BCUT2D eigenvalue weighted by Crippen LogP contribution is -2.59. The third-order valence-corrected chi connectivity index (χ3v) is 29.3. The fourth-order valence-electron chi connectivity index (χ4n) is 22.8. The zero-order valence-corrected chi connectivity index (χ0v) is 60.4. The number of anilines is 6. The van der Waals surface area contributed by atoms with Crippen molar-refractivity contribution in [2.45, 2.75) is 295 Å². The van der Waals surface area contributed by atoms with Crippen LogP contribution in [0, 0.1) is 19.8 Å². The Labute approximate surface area is 549 Å². The number of hydrogen-bond acceptors (Lipinski definition) is 3. The van der Waals surface area contributed by atoms with Crippen LogP contribution in [-0.4, -0.2) is 12.3 Å². The highest BCUT2D eigenvalue weighted by atomic mass is 15.3. The predicted octanol–water partition coefficient (Wildman–Crippen LogP) is 22.1. The molecule has 4 heterocycles. The van der Waals surface area contributed by atoms with Gasteiger partial charge in [0.15, 0.2) is 0 Å². The molecule has 0 saturated heterocycles. The second kappa shape index (κ2) is 17.2. The van der Waals surface area contributed by atoms with Gasteiger partial charge in [-0.25, -0.2) is 0 Å². The van der Waals surface area contributed by atoms with E-state index in [1.54, 1.807) is 49.9 Å². The summed E-state index contributed by atoms with van der Waals surface area (Å²) in [5, 5.41) is 0. The van der Waals surface area contributed by atoms with Crippen molar-refractivity contribution in [2.75, 3.05) is 14.7 Å². The van der Waals surface area contributed by atoms with Crippen molar-refractivity contribution in [2.24, 2.45) is 5.92 Å². The second-order valence-electron chi connectivity index (χ2n) is 38.6. The summed E-state index contributed by atoms with van der Waals surface area (Å²) in [6, 6.07) is 37.9. The molecule has 6 bridgehead atoms. The maximum Gasteiger partial charge on any atom is 0.245 e. The molecular formula is C87H106BN3. The number of fused-ring (bicyclic) bond motifs is 19. The van der Waals surface area contributed by atoms with Gasteiger partial charge in [-0.2, -0.15) is 0 Å². The van der Waals surface area contributed by atoms with Gasteiger partial charge < -0.3 is 14.7 Å². The van der Waals surface area contributed by atoms with E-state index in [9.17, 15) is 0 Å². The van der Waals surface area contributed by atoms with Crippen LogP contribution in [0.1, 0.15) is 299 Å². The highest BCUT2D eigenvalue weighted by Gasteiger charge is 2.65. The Morgan fingerprint density at radius 2 is 0.780 bits per heavy atom. The summed E-state index contributed by atoms with van der Waals surface area (Å²) >= 11 is 0. The van der Waals surface area contributed by atoms with Crippen LogP contribution in [0.2, 0.25) is 0 Å². The molecule has 0 radical (unpaired) electrons. The van der Waals surface area contributed by atoms with Crippen molar-refractivity contribution < 1.29 is 0 Å². The Kier molecular flexibility index (Phi) is 11.2. The summed E-state index contributed by atoms with van der Waals surface area (Å²) in [5.41, 5.74) is 37.9. The Morgan fingerprint density at radius 3 is 1.25 bits per heavy atom. The molecule has 7 aliphatic carbocycles. The number of rotatable bonds is 1. The van der Waals surface area contributed by atoms with Crippen molar-refractivity contribution in [3.05, 3.63) is 179 Å². The monoisotopic (exact) mass is 1200 g/mol. The quantitative estimate of drug-likeness (QED) is 0.152. The third-order valence-electron chi connectivity index (χ3n) is 29.3. The van der Waals surface area contributed by atoms with Gasteiger partial charge in [-0.05, 0) is 261 Å². The summed E-state index contributed by atoms with van der Waals surface area (Å²) in [5.74, 6) is 0.499. The molecule has 4 aliphatic heterocycles. The first-order valence-electron chi connectivity index (χ1n) is 36.1. The Morgan fingerprint density at radius 1 is 0.374 bits per heavy atom. The minimum atomic E-state index is -0.326. The average molecular weight is 1200 g/mol. The lowest BCUT2D eigenvalue weighted by atomic mass is 9.27. The van der Waals surface area contributed by atoms with Gasteiger partial charge in [0.1, 0.15) is 0 Å². The molecule has 4 atom stereocenters. The SMILES string of the molecule is Cc1cc(C)c2c(c1)C1(C)CCC3CC1(C)N2c1cc2c4c(c1)N(C1=C(B4C4=C(c5cc6c(cc5C4(C)C)C(C)(C)CCC6(C)C)N2c2ccc4c(c2)C(C)(C)CCC4(C)C)C(C)(C)c2cc4c(cc21)C(C)(C)CCC4(C)C)c1ccc2c(c1)C3(C)CCC2(C)C. The molecule has 1 saturated carbocycles. The normalized spacial score (nSPS) is 29.4. The third kappa shape index (κ3) is 7.16. The number of hydrogen-bond donors (Lipinski definition) is 0. The van der Waals surface area contributed by atoms with E-state index in [0.717, 1.165) is 6.42 Å². The lowest BCUT2D eigenvalue weighted by molar-refractivity contribution is 0.0840. The Hall–Kier alpha value is -5.74. The molecule has 6 aromatic rings. The molecular weight excluding hydrogens is 1100 g/mol. The molecule has 0 amide bonds. The molecule has 91 heavy (non-hydrogen) atoms. The topological polar surface area (TPSA) is 9.72 Å². The first-order valence-corrected chi connectivity index (χ1v) is 36.1. The molecule has 11 aliphatic rings. The molecule has 4 unspecified atom stereocenters. The van der Waals surface area contributed by atoms with Crippen molar-refractivity contribution in [1.82, 2.24) is 0 Å². The highest BCUT2D eigenvalue weighted by molar-refractivity contribution is 6.92. The van der Waals surface area contributed by atoms with E-state index < -0.39 is 0 Å². The summed E-state index contributed by atoms with van der Waals surface area (Å²) in [4.78, 5) is 8.89. The van der Waals surface area contributed by atoms with E-state index in [0.29, 0.717) is 5.92 Å². The molecule has 1 fully saturated rings. The van der Waals surface area contributed by atoms with Crippen LogP contribution in [0.15, 0.2) is 95.9 Å². The molecule has 17 rings (SSSR count). The van der Waals surface area contributed by atoms with Gasteiger partial charge in [0.25, 0.3) is 0 Å². The number of benzene rings is 6. The maximum atomic E-state index is 3.02. The highest BCUT2D eigenvalue weighted by Crippen LogP contribution is 2.70. The summed E-state index contributed by atoms with van der Waals surface area (Å²) in [6.45, 7) is 59.3. The van der Waals surface area contributed by atoms with Gasteiger partial charge in [-0.1, -0.05) is 191 Å². The second-order valence-corrected chi connectivity index (χ2v) is 38.6. The molecule has 0 spiro atoms. The predicted molar refractivity (Wildman–Crippen MR) is 388 cm³/mol. The zero-order chi connectivity index (χ0) is 64.6. The zero-order valence-electron chi connectivity index (χ0n) is 60.4. The van der Waals surface area contributed by atoms with Crippen LogP contribution in [0.3, 0.4) is 0 Å². The van der Waals surface area contributed by atoms with Crippen LogP contribution in [0.4, 0.5) is 34.1 Å². The summed E-state index contributed by atoms with van der Waals surface area (Å²) in [7, 11) is 0. The van der Waals surface area contributed by atoms with E-state index in [2.05, 4.69) is 259 Å². The van der Waals surface area contributed by atoms with Crippen molar-refractivity contribution in [3.63, 3.8) is 0 Å². The first kappa shape index (κ1) is 59.0. The fraction of sp³-hybridized carbons (Fsp3) is 0.540. The largest absolute Gasteiger partial charge is 0.334 e. The molecule has 6 aromatic carbocycles. The van der Waals surface area contributed by atoms with E-state index >= 15 is 0 Å². The van der Waals surface area contributed by atoms with Gasteiger partial charge in [0.05, 0.1) is 5.54 Å². The first-order chi connectivity index (χ1) is 42.2. The average Bonchev–Trinajstić information content (AvgIpc) is 1.58. The Bertz CT molecular complexity index is 4420. The number of aryl methyl sites for hydroxylation is 2. The van der Waals surface area contributed by atoms with Gasteiger partial charge >= 0.3 is 0 Å². The van der Waals surface area contributed by atoms with Gasteiger partial charge in [0.2, 0.25) is 6.71 Å². The lowest BCUT2D eigenvalue weighted by Gasteiger charge is -2.58. The summed E-state index contributed by atoms with van der Waals surface area (Å²) < 4.78 is 0. The van der Waals surface area contributed by atoms with Gasteiger partial charge in [-0.3, -0.25) is 0 Å². The minimum Gasteiger partial charge on any atom is -0.334 e. The van der Waals surface area contributed by atoms with Crippen LogP contribution in [0.25, 0.3) is 11.4 Å². The fourth-order valence-corrected chi connectivity index (χ4v) is 22.8. The smallest absolute Gasteiger partial charge is 0.245 e. The van der Waals surface area contributed by atoms with Crippen LogP contribution in [-0.2, 0) is 59.6 Å². The van der Waals surface area contributed by atoms with Crippen LogP contribution in [0.5, 0.6) is 0 Å².